The number of nitrogens with two attached hydrogens (primary N) is 1. The van der Waals surface area contributed by atoms with E-state index in [9.17, 15) is 0 Å². The van der Waals surface area contributed by atoms with E-state index in [-0.39, 0.29) is 6.04 Å². The second-order valence-electron chi connectivity index (χ2n) is 4.17. The highest BCUT2D eigenvalue weighted by Crippen LogP contribution is 2.21. The van der Waals surface area contributed by atoms with E-state index in [2.05, 4.69) is 22.2 Å². The van der Waals surface area contributed by atoms with Crippen LogP contribution >= 0.6 is 0 Å². The zero-order valence-corrected chi connectivity index (χ0v) is 10.4. The minimum atomic E-state index is -0.187. The molecule has 0 aromatic carbocycles. The standard InChI is InChI=1S/C12H17N5/c1-4-11-10(5-8(2)15-16-11)12(13)9-6-14-17(3)7-9/h5-7,12H,4,13H2,1-3H3. The minimum absolute atomic E-state index is 0.187. The van der Waals surface area contributed by atoms with E-state index in [0.29, 0.717) is 0 Å². The van der Waals surface area contributed by atoms with Crippen molar-refractivity contribution >= 4 is 0 Å². The summed E-state index contributed by atoms with van der Waals surface area (Å²) >= 11 is 0. The monoisotopic (exact) mass is 231 g/mol. The molecule has 2 aromatic rings. The van der Waals surface area contributed by atoms with Crippen LogP contribution in [0, 0.1) is 6.92 Å². The third kappa shape index (κ3) is 2.34. The van der Waals surface area contributed by atoms with E-state index in [1.807, 2.05) is 26.2 Å². The Labute approximate surface area is 101 Å². The average Bonchev–Trinajstić information content (AvgIpc) is 2.75. The van der Waals surface area contributed by atoms with Crippen molar-refractivity contribution in [3.63, 3.8) is 0 Å². The molecule has 0 saturated heterocycles. The van der Waals surface area contributed by atoms with E-state index in [1.165, 1.54) is 0 Å². The number of nitrogens with zero attached hydrogens (tertiary/aromatic N) is 4. The molecule has 5 nitrogen and oxygen atoms in total. The van der Waals surface area contributed by atoms with Gasteiger partial charge in [-0.1, -0.05) is 6.92 Å². The molecular formula is C12H17N5. The first kappa shape index (κ1) is 11.7. The first-order valence-electron chi connectivity index (χ1n) is 5.69. The zero-order chi connectivity index (χ0) is 12.4. The fourth-order valence-corrected chi connectivity index (χ4v) is 1.86. The maximum absolute atomic E-state index is 6.25. The Hall–Kier alpha value is -1.75. The van der Waals surface area contributed by atoms with Gasteiger partial charge in [0.15, 0.2) is 0 Å². The molecule has 0 radical (unpaired) electrons. The van der Waals surface area contributed by atoms with Gasteiger partial charge in [0.2, 0.25) is 0 Å². The summed E-state index contributed by atoms with van der Waals surface area (Å²) in [6.07, 6.45) is 4.55. The van der Waals surface area contributed by atoms with Gasteiger partial charge in [0.05, 0.1) is 23.6 Å². The van der Waals surface area contributed by atoms with Crippen LogP contribution in [-0.4, -0.2) is 20.0 Å². The van der Waals surface area contributed by atoms with E-state index >= 15 is 0 Å². The molecule has 2 N–H and O–H groups in total. The van der Waals surface area contributed by atoms with E-state index in [4.69, 9.17) is 5.73 Å². The normalized spacial score (nSPS) is 12.7. The summed E-state index contributed by atoms with van der Waals surface area (Å²) in [5.74, 6) is 0. The average molecular weight is 231 g/mol. The van der Waals surface area contributed by atoms with E-state index in [0.717, 1.165) is 28.9 Å². The molecule has 0 saturated carbocycles. The zero-order valence-electron chi connectivity index (χ0n) is 10.4. The fraction of sp³-hybridized carbons (Fsp3) is 0.417. The lowest BCUT2D eigenvalue weighted by Gasteiger charge is -2.13. The molecular weight excluding hydrogens is 214 g/mol. The van der Waals surface area contributed by atoms with Crippen LogP contribution in [0.4, 0.5) is 0 Å². The van der Waals surface area contributed by atoms with Gasteiger partial charge in [0.1, 0.15) is 0 Å². The lowest BCUT2D eigenvalue weighted by molar-refractivity contribution is 0.761. The van der Waals surface area contributed by atoms with Gasteiger partial charge >= 0.3 is 0 Å². The maximum atomic E-state index is 6.25. The molecule has 0 amide bonds. The highest BCUT2D eigenvalue weighted by molar-refractivity contribution is 5.32. The van der Waals surface area contributed by atoms with Crippen LogP contribution in [0.25, 0.3) is 0 Å². The molecule has 0 aliphatic heterocycles. The Morgan fingerprint density at radius 1 is 1.41 bits per heavy atom. The molecule has 1 atom stereocenters. The lowest BCUT2D eigenvalue weighted by atomic mass is 10.00. The molecule has 5 heteroatoms. The summed E-state index contributed by atoms with van der Waals surface area (Å²) in [6.45, 7) is 3.98. The first-order valence-corrected chi connectivity index (χ1v) is 5.69. The van der Waals surface area contributed by atoms with Gasteiger partial charge in [0.25, 0.3) is 0 Å². The molecule has 0 aliphatic carbocycles. The summed E-state index contributed by atoms with van der Waals surface area (Å²) in [4.78, 5) is 0. The molecule has 0 fully saturated rings. The van der Waals surface area contributed by atoms with Gasteiger partial charge < -0.3 is 5.73 Å². The van der Waals surface area contributed by atoms with Crippen molar-refractivity contribution in [2.75, 3.05) is 0 Å². The summed E-state index contributed by atoms with van der Waals surface area (Å²) in [5, 5.41) is 12.4. The Kier molecular flexibility index (Phi) is 3.19. The predicted molar refractivity (Wildman–Crippen MR) is 65.4 cm³/mol. The van der Waals surface area contributed by atoms with E-state index < -0.39 is 0 Å². The van der Waals surface area contributed by atoms with Crippen molar-refractivity contribution in [2.45, 2.75) is 26.3 Å². The first-order chi connectivity index (χ1) is 8.11. The molecule has 1 unspecified atom stereocenters. The molecule has 2 aromatic heterocycles. The van der Waals surface area contributed by atoms with Crippen LogP contribution in [0.5, 0.6) is 0 Å². The third-order valence-electron chi connectivity index (χ3n) is 2.78. The highest BCUT2D eigenvalue weighted by Gasteiger charge is 2.15. The van der Waals surface area contributed by atoms with Crippen molar-refractivity contribution in [2.24, 2.45) is 12.8 Å². The summed E-state index contributed by atoms with van der Waals surface area (Å²) in [5.41, 5.74) is 10.1. The predicted octanol–water partition coefficient (Wildman–Crippen LogP) is 1.13. The Morgan fingerprint density at radius 2 is 2.18 bits per heavy atom. The van der Waals surface area contributed by atoms with Crippen LogP contribution in [0.2, 0.25) is 0 Å². The molecule has 0 aliphatic rings. The quantitative estimate of drug-likeness (QED) is 0.859. The molecule has 0 spiro atoms. The molecule has 2 heterocycles. The van der Waals surface area contributed by atoms with Crippen molar-refractivity contribution in [1.82, 2.24) is 20.0 Å². The number of hydrogen-bond acceptors (Lipinski definition) is 4. The van der Waals surface area contributed by atoms with Gasteiger partial charge in [-0.05, 0) is 25.0 Å². The van der Waals surface area contributed by atoms with Crippen molar-refractivity contribution in [3.05, 3.63) is 41.0 Å². The SMILES string of the molecule is CCc1nnc(C)cc1C(N)c1cnn(C)c1. The maximum Gasteiger partial charge on any atom is 0.0679 e. The number of hydrogen-bond donors (Lipinski definition) is 1. The topological polar surface area (TPSA) is 69.6 Å². The van der Waals surface area contributed by atoms with Crippen LogP contribution < -0.4 is 5.73 Å². The smallest absolute Gasteiger partial charge is 0.0679 e. The van der Waals surface area contributed by atoms with Crippen molar-refractivity contribution in [1.29, 1.82) is 0 Å². The second kappa shape index (κ2) is 4.63. The van der Waals surface area contributed by atoms with Crippen LogP contribution in [0.1, 0.15) is 35.5 Å². The van der Waals surface area contributed by atoms with Gasteiger partial charge in [-0.25, -0.2) is 0 Å². The van der Waals surface area contributed by atoms with Crippen LogP contribution in [0.15, 0.2) is 18.5 Å². The highest BCUT2D eigenvalue weighted by atomic mass is 15.2. The summed E-state index contributed by atoms with van der Waals surface area (Å²) in [6, 6.07) is 1.82. The Morgan fingerprint density at radius 3 is 2.76 bits per heavy atom. The molecule has 0 bridgehead atoms. The largest absolute Gasteiger partial charge is 0.320 e. The van der Waals surface area contributed by atoms with Gasteiger partial charge in [-0.15, -0.1) is 0 Å². The molecule has 90 valence electrons. The van der Waals surface area contributed by atoms with Gasteiger partial charge in [-0.3, -0.25) is 4.68 Å². The van der Waals surface area contributed by atoms with Gasteiger partial charge in [0, 0.05) is 18.8 Å². The van der Waals surface area contributed by atoms with Crippen LogP contribution in [0.3, 0.4) is 0 Å². The summed E-state index contributed by atoms with van der Waals surface area (Å²) < 4.78 is 1.75. The van der Waals surface area contributed by atoms with E-state index in [1.54, 1.807) is 10.9 Å². The Balaban J connectivity index is 2.42. The van der Waals surface area contributed by atoms with Gasteiger partial charge in [-0.2, -0.15) is 15.3 Å². The minimum Gasteiger partial charge on any atom is -0.320 e. The van der Waals surface area contributed by atoms with Crippen molar-refractivity contribution in [3.8, 4) is 0 Å². The number of rotatable bonds is 3. The molecule has 17 heavy (non-hydrogen) atoms. The Bertz CT molecular complexity index is 517. The second-order valence-corrected chi connectivity index (χ2v) is 4.17. The van der Waals surface area contributed by atoms with Crippen molar-refractivity contribution < 1.29 is 0 Å². The fourth-order valence-electron chi connectivity index (χ4n) is 1.86. The lowest BCUT2D eigenvalue weighted by Crippen LogP contribution is -2.15. The number of aryl methyl sites for hydroxylation is 3. The number of aromatic nitrogens is 4. The molecule has 2 rings (SSSR count). The third-order valence-corrected chi connectivity index (χ3v) is 2.78. The van der Waals surface area contributed by atoms with Crippen LogP contribution in [-0.2, 0) is 13.5 Å². The summed E-state index contributed by atoms with van der Waals surface area (Å²) in [7, 11) is 1.88.